The van der Waals surface area contributed by atoms with Crippen LogP contribution in [0.1, 0.15) is 9.88 Å². The molecule has 0 N–H and O–H groups in total. The quantitative estimate of drug-likeness (QED) is 0.660. The molecule has 0 aromatic carbocycles. The van der Waals surface area contributed by atoms with Crippen LogP contribution in [0.3, 0.4) is 0 Å². The van der Waals surface area contributed by atoms with Crippen molar-refractivity contribution in [2.45, 2.75) is 6.92 Å². The summed E-state index contributed by atoms with van der Waals surface area (Å²) in [4.78, 5) is 5.50. The lowest BCUT2D eigenvalue weighted by molar-refractivity contribution is 1.27. The van der Waals surface area contributed by atoms with Gasteiger partial charge in [0.2, 0.25) is 0 Å². The predicted molar refractivity (Wildman–Crippen MR) is 52.0 cm³/mol. The number of thiazole rings is 1. The van der Waals surface area contributed by atoms with E-state index in [4.69, 9.17) is 0 Å². The van der Waals surface area contributed by atoms with Gasteiger partial charge in [-0.3, -0.25) is 0 Å². The van der Waals surface area contributed by atoms with Gasteiger partial charge >= 0.3 is 0 Å². The summed E-state index contributed by atoms with van der Waals surface area (Å²) >= 11 is 1.64. The number of rotatable bonds is 0. The van der Waals surface area contributed by atoms with Gasteiger partial charge in [-0.1, -0.05) is 0 Å². The fourth-order valence-electron chi connectivity index (χ4n) is 0.761. The first-order valence-corrected chi connectivity index (χ1v) is 5.87. The Kier molecular flexibility index (Phi) is 1.65. The lowest BCUT2D eigenvalue weighted by Crippen LogP contribution is -1.66. The fraction of sp³-hybridized carbons (Fsp3) is 0.167. The summed E-state index contributed by atoms with van der Waals surface area (Å²) in [5.41, 5.74) is 0. The van der Waals surface area contributed by atoms with Gasteiger partial charge in [0.15, 0.2) is 5.82 Å². The molecular formula is C6H5IN2S. The molecule has 2 heterocycles. The van der Waals surface area contributed by atoms with Crippen molar-refractivity contribution >= 4 is 44.3 Å². The third-order valence-corrected chi connectivity index (χ3v) is 3.48. The summed E-state index contributed by atoms with van der Waals surface area (Å²) in [6.07, 6.45) is 2.14. The van der Waals surface area contributed by atoms with Crippen molar-refractivity contribution < 1.29 is 0 Å². The highest BCUT2D eigenvalue weighted by Crippen LogP contribution is 2.33. The lowest BCUT2D eigenvalue weighted by Gasteiger charge is -1.90. The number of hydrogen-bond acceptors (Lipinski definition) is 3. The largest absolute Gasteiger partial charge is 0.221 e. The summed E-state index contributed by atoms with van der Waals surface area (Å²) in [5, 5.41) is 1.12. The molecule has 0 fully saturated rings. The first-order valence-electron chi connectivity index (χ1n) is 2.84. The minimum atomic E-state index is -0.0723. The van der Waals surface area contributed by atoms with Crippen LogP contribution in [0.4, 0.5) is 5.82 Å². The average Bonchev–Trinajstić information content (AvgIpc) is 2.27. The van der Waals surface area contributed by atoms with Gasteiger partial charge in [0, 0.05) is 21.0 Å². The van der Waals surface area contributed by atoms with Crippen molar-refractivity contribution in [3.63, 3.8) is 0 Å². The Bertz CT molecular complexity index is 284. The van der Waals surface area contributed by atoms with Gasteiger partial charge in [0.05, 0.1) is 9.88 Å². The van der Waals surface area contributed by atoms with Gasteiger partial charge in [0.25, 0.3) is 0 Å². The Labute approximate surface area is 73.2 Å². The second kappa shape index (κ2) is 2.50. The molecule has 0 amide bonds. The molecule has 1 aliphatic heterocycles. The van der Waals surface area contributed by atoms with Gasteiger partial charge in [-0.25, -0.2) is 8.13 Å². The summed E-state index contributed by atoms with van der Waals surface area (Å²) in [5.74, 6) is 0.970. The fourth-order valence-corrected chi connectivity index (χ4v) is 3.25. The molecule has 2 rings (SSSR count). The van der Waals surface area contributed by atoms with E-state index in [9.17, 15) is 0 Å². The van der Waals surface area contributed by atoms with Gasteiger partial charge in [0.1, 0.15) is 0 Å². The van der Waals surface area contributed by atoms with Crippen molar-refractivity contribution in [2.75, 3.05) is 0 Å². The van der Waals surface area contributed by atoms with Crippen molar-refractivity contribution in [1.82, 2.24) is 4.98 Å². The average molecular weight is 264 g/mol. The van der Waals surface area contributed by atoms with Crippen molar-refractivity contribution in [2.24, 2.45) is 3.15 Å². The predicted octanol–water partition coefficient (Wildman–Crippen LogP) is 3.22. The van der Waals surface area contributed by atoms with E-state index in [1.807, 2.05) is 6.92 Å². The zero-order valence-electron chi connectivity index (χ0n) is 5.34. The minimum Gasteiger partial charge on any atom is -0.221 e. The minimum absolute atomic E-state index is 0.0723. The van der Waals surface area contributed by atoms with Crippen LogP contribution in [0.5, 0.6) is 0 Å². The van der Waals surface area contributed by atoms with Gasteiger partial charge in [-0.05, 0) is 17.1 Å². The second-order valence-electron chi connectivity index (χ2n) is 1.90. The van der Waals surface area contributed by atoms with Crippen LogP contribution in [0.15, 0.2) is 7.23 Å². The summed E-state index contributed by atoms with van der Waals surface area (Å²) in [6.45, 7) is 2.02. The van der Waals surface area contributed by atoms with Crippen LogP contribution < -0.4 is 0 Å². The van der Waals surface area contributed by atoms with Crippen molar-refractivity contribution in [1.29, 1.82) is 0 Å². The Hall–Kier alpha value is -0.100. The molecule has 0 spiro atoms. The zero-order valence-corrected chi connectivity index (χ0v) is 8.31. The smallest absolute Gasteiger partial charge is 0.176 e. The maximum atomic E-state index is 4.34. The maximum absolute atomic E-state index is 4.34. The van der Waals surface area contributed by atoms with Crippen LogP contribution >= 0.6 is 32.4 Å². The van der Waals surface area contributed by atoms with Gasteiger partial charge in [-0.15, -0.1) is 11.3 Å². The molecule has 1 aromatic rings. The summed E-state index contributed by atoms with van der Waals surface area (Å²) in [6, 6.07) is 0. The number of aromatic nitrogens is 1. The molecule has 52 valence electrons. The lowest BCUT2D eigenvalue weighted by atomic mass is 10.5. The van der Waals surface area contributed by atoms with E-state index < -0.39 is 0 Å². The van der Waals surface area contributed by atoms with E-state index in [0.717, 1.165) is 10.8 Å². The van der Waals surface area contributed by atoms with E-state index >= 15 is 0 Å². The molecule has 0 saturated heterocycles. The standard InChI is InChI=1S/C6H5IN2S/c1-4-8-6-5(10-4)2-3-7-9-6/h2-3H,1H3. The molecule has 4 heteroatoms. The van der Waals surface area contributed by atoms with E-state index in [-0.39, 0.29) is 21.0 Å². The molecule has 0 radical (unpaired) electrons. The zero-order chi connectivity index (χ0) is 6.97. The monoisotopic (exact) mass is 264 g/mol. The summed E-state index contributed by atoms with van der Waals surface area (Å²) < 4.78 is 6.50. The highest BCUT2D eigenvalue weighted by molar-refractivity contribution is 14.2. The van der Waals surface area contributed by atoms with E-state index in [2.05, 4.69) is 18.3 Å². The molecule has 0 aliphatic carbocycles. The molecule has 0 bridgehead atoms. The second-order valence-corrected chi connectivity index (χ2v) is 4.89. The third kappa shape index (κ3) is 1.05. The first kappa shape index (κ1) is 6.60. The third-order valence-electron chi connectivity index (χ3n) is 1.14. The molecule has 2 nitrogen and oxygen atoms in total. The number of halogens is 1. The van der Waals surface area contributed by atoms with Crippen LogP contribution in [0.25, 0.3) is 6.08 Å². The van der Waals surface area contributed by atoms with Crippen molar-refractivity contribution in [3.8, 4) is 0 Å². The maximum Gasteiger partial charge on any atom is 0.176 e. The number of aryl methyl sites for hydroxylation is 1. The molecule has 10 heavy (non-hydrogen) atoms. The van der Waals surface area contributed by atoms with Crippen LogP contribution in [-0.4, -0.2) is 4.98 Å². The number of hydrogen-bond donors (Lipinski definition) is 0. The van der Waals surface area contributed by atoms with E-state index in [1.165, 1.54) is 4.88 Å². The Morgan fingerprint density at radius 1 is 1.60 bits per heavy atom. The molecular weight excluding hydrogens is 259 g/mol. The SMILES string of the molecule is Cc1nc2c(s1)C=CI=N2. The van der Waals surface area contributed by atoms with E-state index in [1.54, 1.807) is 11.3 Å². The van der Waals surface area contributed by atoms with Crippen LogP contribution in [-0.2, 0) is 0 Å². The van der Waals surface area contributed by atoms with Crippen LogP contribution in [0, 0.1) is 6.92 Å². The number of nitrogens with zero attached hydrogens (tertiary/aromatic N) is 2. The topological polar surface area (TPSA) is 25.2 Å². The van der Waals surface area contributed by atoms with Crippen LogP contribution in [0.2, 0.25) is 0 Å². The molecule has 1 aromatic heterocycles. The van der Waals surface area contributed by atoms with Gasteiger partial charge < -0.3 is 0 Å². The van der Waals surface area contributed by atoms with E-state index in [0.29, 0.717) is 0 Å². The molecule has 0 atom stereocenters. The Morgan fingerprint density at radius 2 is 2.50 bits per heavy atom. The molecule has 1 aliphatic rings. The first-order chi connectivity index (χ1) is 4.86. The highest BCUT2D eigenvalue weighted by Gasteiger charge is 2.05. The Morgan fingerprint density at radius 3 is 3.30 bits per heavy atom. The van der Waals surface area contributed by atoms with Gasteiger partial charge in [-0.2, -0.15) is 0 Å². The highest BCUT2D eigenvalue weighted by atomic mass is 127. The number of fused-ring (bicyclic) bond motifs is 1. The molecule has 0 saturated carbocycles. The normalized spacial score (nSPS) is 14.5. The Balaban J connectivity index is 2.64. The molecule has 0 unspecified atom stereocenters. The summed E-state index contributed by atoms with van der Waals surface area (Å²) in [7, 11) is 0. The van der Waals surface area contributed by atoms with Crippen molar-refractivity contribution in [3.05, 3.63) is 14.0 Å².